The molecular formula is C21H15F2N3O3S. The topological polar surface area (TPSA) is 83.4 Å². The highest BCUT2D eigenvalue weighted by molar-refractivity contribution is 7.14. The fourth-order valence-electron chi connectivity index (χ4n) is 3.44. The maximum atomic E-state index is 14.6. The lowest BCUT2D eigenvalue weighted by atomic mass is 9.98. The Hall–Kier alpha value is -3.46. The number of aryl methyl sites for hydroxylation is 2. The van der Waals surface area contributed by atoms with E-state index in [2.05, 4.69) is 9.97 Å². The highest BCUT2D eigenvalue weighted by atomic mass is 32.1. The molecule has 4 rings (SSSR count). The molecule has 1 aliphatic heterocycles. The number of pyridine rings is 1. The number of Topliss-reactive ketones (excluding diaryl/α,β-unsaturated/α-hetero) is 1. The summed E-state index contributed by atoms with van der Waals surface area (Å²) in [6.45, 7) is 3.39. The van der Waals surface area contributed by atoms with E-state index < -0.39 is 35.1 Å². The van der Waals surface area contributed by atoms with Crippen LogP contribution < -0.4 is 4.90 Å². The van der Waals surface area contributed by atoms with Crippen molar-refractivity contribution < 1.29 is 23.5 Å². The first kappa shape index (κ1) is 19.8. The summed E-state index contributed by atoms with van der Waals surface area (Å²) in [6, 6.07) is 6.37. The van der Waals surface area contributed by atoms with Crippen molar-refractivity contribution in [2.24, 2.45) is 0 Å². The van der Waals surface area contributed by atoms with Crippen LogP contribution in [0.2, 0.25) is 0 Å². The number of hydrogen-bond donors (Lipinski definition) is 1. The Labute approximate surface area is 174 Å². The van der Waals surface area contributed by atoms with Gasteiger partial charge in [0.05, 0.1) is 32.5 Å². The van der Waals surface area contributed by atoms with E-state index in [0.717, 1.165) is 28.4 Å². The number of aromatic nitrogens is 2. The number of rotatable bonds is 4. The number of hydrogen-bond acceptors (Lipinski definition) is 6. The minimum absolute atomic E-state index is 0.228. The summed E-state index contributed by atoms with van der Waals surface area (Å²) in [5.74, 6) is -4.19. The summed E-state index contributed by atoms with van der Waals surface area (Å²) >= 11 is 1.13. The Kier molecular flexibility index (Phi) is 4.90. The van der Waals surface area contributed by atoms with E-state index >= 15 is 0 Å². The number of nitrogens with zero attached hydrogens (tertiary/aromatic N) is 3. The van der Waals surface area contributed by atoms with Gasteiger partial charge in [0.25, 0.3) is 5.91 Å². The fourth-order valence-corrected chi connectivity index (χ4v) is 4.32. The second kappa shape index (κ2) is 7.42. The number of carbonyl (C=O) groups excluding carboxylic acids is 2. The van der Waals surface area contributed by atoms with Gasteiger partial charge in [0.15, 0.2) is 5.76 Å². The molecule has 2 aromatic heterocycles. The van der Waals surface area contributed by atoms with E-state index in [0.29, 0.717) is 16.8 Å². The molecule has 0 aliphatic carbocycles. The van der Waals surface area contributed by atoms with Crippen molar-refractivity contribution in [1.29, 1.82) is 0 Å². The lowest BCUT2D eigenvalue weighted by molar-refractivity contribution is -0.117. The minimum atomic E-state index is -1.19. The molecule has 0 saturated carbocycles. The third kappa shape index (κ3) is 3.17. The van der Waals surface area contributed by atoms with E-state index in [1.165, 1.54) is 6.20 Å². The number of thiazole rings is 1. The molecule has 0 radical (unpaired) electrons. The standard InChI is InChI=1S/C21H15F2N3O3S/c1-10-20(30-11(2)25-10)18(27)16-17(14-5-3-4-8-24-14)26(21(29)19(16)28)15-7-6-12(22)9-13(15)23/h3-9,17,28H,1-2H3. The minimum Gasteiger partial charge on any atom is -0.503 e. The van der Waals surface area contributed by atoms with Crippen LogP contribution in [-0.4, -0.2) is 26.8 Å². The number of aliphatic hydroxyl groups excluding tert-OH is 1. The van der Waals surface area contributed by atoms with Crippen LogP contribution in [0.3, 0.4) is 0 Å². The first-order valence-corrected chi connectivity index (χ1v) is 9.72. The quantitative estimate of drug-likeness (QED) is 0.631. The molecule has 0 spiro atoms. The molecule has 9 heteroatoms. The molecule has 0 bridgehead atoms. The smallest absolute Gasteiger partial charge is 0.294 e. The predicted molar refractivity (Wildman–Crippen MR) is 106 cm³/mol. The van der Waals surface area contributed by atoms with E-state index in [9.17, 15) is 23.5 Å². The maximum absolute atomic E-state index is 14.6. The molecular weight excluding hydrogens is 412 g/mol. The summed E-state index contributed by atoms with van der Waals surface area (Å²) in [7, 11) is 0. The molecule has 1 aromatic carbocycles. The van der Waals surface area contributed by atoms with Crippen LogP contribution in [0, 0.1) is 25.5 Å². The number of anilines is 1. The molecule has 0 fully saturated rings. The first-order chi connectivity index (χ1) is 14.3. The molecule has 1 aliphatic rings. The van der Waals surface area contributed by atoms with Gasteiger partial charge in [0, 0.05) is 12.3 Å². The third-order valence-electron chi connectivity index (χ3n) is 4.70. The summed E-state index contributed by atoms with van der Waals surface area (Å²) < 4.78 is 28.0. The van der Waals surface area contributed by atoms with Gasteiger partial charge in [-0.2, -0.15) is 0 Å². The number of aliphatic hydroxyl groups is 1. The lowest BCUT2D eigenvalue weighted by Gasteiger charge is -2.26. The van der Waals surface area contributed by atoms with Gasteiger partial charge < -0.3 is 5.11 Å². The maximum Gasteiger partial charge on any atom is 0.294 e. The van der Waals surface area contributed by atoms with Gasteiger partial charge in [-0.15, -0.1) is 11.3 Å². The Balaban J connectivity index is 1.91. The van der Waals surface area contributed by atoms with Gasteiger partial charge in [-0.3, -0.25) is 19.5 Å². The van der Waals surface area contributed by atoms with Gasteiger partial charge >= 0.3 is 0 Å². The largest absolute Gasteiger partial charge is 0.503 e. The number of ketones is 1. The van der Waals surface area contributed by atoms with Gasteiger partial charge in [-0.1, -0.05) is 6.07 Å². The number of carbonyl (C=O) groups is 2. The molecule has 30 heavy (non-hydrogen) atoms. The van der Waals surface area contributed by atoms with Crippen LogP contribution in [0.5, 0.6) is 0 Å². The highest BCUT2D eigenvalue weighted by Gasteiger charge is 2.46. The average Bonchev–Trinajstić information content (AvgIpc) is 3.18. The highest BCUT2D eigenvalue weighted by Crippen LogP contribution is 2.42. The molecule has 1 N–H and O–H groups in total. The summed E-state index contributed by atoms with van der Waals surface area (Å²) in [5, 5.41) is 11.3. The van der Waals surface area contributed by atoms with E-state index in [4.69, 9.17) is 0 Å². The molecule has 1 atom stereocenters. The van der Waals surface area contributed by atoms with Crippen molar-refractivity contribution >= 4 is 28.7 Å². The fraction of sp³-hybridized carbons (Fsp3) is 0.143. The zero-order valence-electron chi connectivity index (χ0n) is 15.9. The van der Waals surface area contributed by atoms with Crippen molar-refractivity contribution in [1.82, 2.24) is 9.97 Å². The van der Waals surface area contributed by atoms with Crippen LogP contribution in [-0.2, 0) is 4.79 Å². The van der Waals surface area contributed by atoms with E-state index in [1.54, 1.807) is 32.0 Å². The normalized spacial score (nSPS) is 16.5. The third-order valence-corrected chi connectivity index (χ3v) is 5.77. The monoisotopic (exact) mass is 427 g/mol. The Morgan fingerprint density at radius 1 is 1.20 bits per heavy atom. The van der Waals surface area contributed by atoms with Crippen LogP contribution in [0.15, 0.2) is 53.9 Å². The summed E-state index contributed by atoms with van der Waals surface area (Å²) in [6.07, 6.45) is 1.46. The molecule has 1 unspecified atom stereocenters. The van der Waals surface area contributed by atoms with Crippen molar-refractivity contribution in [3.05, 3.63) is 86.8 Å². The molecule has 152 valence electrons. The number of halogens is 2. The van der Waals surface area contributed by atoms with E-state index in [1.807, 2.05) is 0 Å². The summed E-state index contributed by atoms with van der Waals surface area (Å²) in [5.41, 5.74) is 0.208. The molecule has 3 heterocycles. The zero-order valence-corrected chi connectivity index (χ0v) is 16.7. The molecule has 3 aromatic rings. The van der Waals surface area contributed by atoms with Crippen molar-refractivity contribution in [2.45, 2.75) is 19.9 Å². The van der Waals surface area contributed by atoms with Crippen molar-refractivity contribution in [3.63, 3.8) is 0 Å². The van der Waals surface area contributed by atoms with Gasteiger partial charge in [0.1, 0.15) is 17.7 Å². The number of benzene rings is 1. The van der Waals surface area contributed by atoms with Crippen LogP contribution in [0.4, 0.5) is 14.5 Å². The summed E-state index contributed by atoms with van der Waals surface area (Å²) in [4.78, 5) is 35.9. The van der Waals surface area contributed by atoms with Gasteiger partial charge in [-0.25, -0.2) is 13.8 Å². The lowest BCUT2D eigenvalue weighted by Crippen LogP contribution is -2.32. The Morgan fingerprint density at radius 3 is 2.57 bits per heavy atom. The Bertz CT molecular complexity index is 1210. The van der Waals surface area contributed by atoms with Crippen molar-refractivity contribution in [3.8, 4) is 0 Å². The molecule has 6 nitrogen and oxygen atoms in total. The van der Waals surface area contributed by atoms with Crippen molar-refractivity contribution in [2.75, 3.05) is 4.90 Å². The average molecular weight is 427 g/mol. The number of amides is 1. The van der Waals surface area contributed by atoms with Crippen LogP contribution in [0.1, 0.15) is 32.1 Å². The first-order valence-electron chi connectivity index (χ1n) is 8.91. The van der Waals surface area contributed by atoms with E-state index in [-0.39, 0.29) is 21.8 Å². The van der Waals surface area contributed by atoms with Gasteiger partial charge in [0.2, 0.25) is 5.78 Å². The zero-order chi connectivity index (χ0) is 21.6. The molecule has 0 saturated heterocycles. The predicted octanol–water partition coefficient (Wildman–Crippen LogP) is 4.22. The van der Waals surface area contributed by atoms with Gasteiger partial charge in [-0.05, 0) is 38.1 Å². The molecule has 1 amide bonds. The second-order valence-electron chi connectivity index (χ2n) is 6.67. The second-order valence-corrected chi connectivity index (χ2v) is 7.87. The van der Waals surface area contributed by atoms with Crippen LogP contribution in [0.25, 0.3) is 0 Å². The SMILES string of the molecule is Cc1nc(C)c(C(=O)C2=C(O)C(=O)N(c3ccc(F)cc3F)C2c2ccccn2)s1. The Morgan fingerprint density at radius 2 is 1.97 bits per heavy atom. The van der Waals surface area contributed by atoms with Crippen LogP contribution >= 0.6 is 11.3 Å².